The molecule has 2 rings (SSSR count). The Labute approximate surface area is 140 Å². The van der Waals surface area contributed by atoms with Gasteiger partial charge < -0.3 is 15.4 Å². The normalized spacial score (nSPS) is 22.3. The summed E-state index contributed by atoms with van der Waals surface area (Å²) >= 11 is 0. The first-order valence-corrected chi connectivity index (χ1v) is 9.53. The zero-order valence-corrected chi connectivity index (χ0v) is 14.7. The number of methoxy groups -OCH3 is 1. The van der Waals surface area contributed by atoms with Crippen molar-refractivity contribution in [2.24, 2.45) is 0 Å². The summed E-state index contributed by atoms with van der Waals surface area (Å²) in [5.41, 5.74) is 1.70. The zero-order chi connectivity index (χ0) is 16.7. The molecule has 6 heteroatoms. The number of amides is 2. The molecule has 0 saturated heterocycles. The smallest absolute Gasteiger partial charge is 0.319 e. The molecule has 3 atom stereocenters. The Hall–Kier alpha value is -1.40. The zero-order valence-electron chi connectivity index (χ0n) is 13.8. The van der Waals surface area contributed by atoms with Crippen LogP contribution in [0.3, 0.4) is 0 Å². The third kappa shape index (κ3) is 5.32. The lowest BCUT2D eigenvalue weighted by Crippen LogP contribution is -2.43. The predicted molar refractivity (Wildman–Crippen MR) is 94.0 cm³/mol. The highest BCUT2D eigenvalue weighted by atomic mass is 32.2. The van der Waals surface area contributed by atoms with Crippen molar-refractivity contribution in [1.29, 1.82) is 0 Å². The fourth-order valence-corrected chi connectivity index (χ4v) is 4.37. The molecule has 0 aliphatic heterocycles. The van der Waals surface area contributed by atoms with Crippen LogP contribution in [0.25, 0.3) is 0 Å². The van der Waals surface area contributed by atoms with Crippen molar-refractivity contribution in [2.75, 3.05) is 18.2 Å². The molecule has 1 aromatic carbocycles. The van der Waals surface area contributed by atoms with E-state index in [0.717, 1.165) is 36.9 Å². The van der Waals surface area contributed by atoms with Gasteiger partial charge in [0.15, 0.2) is 0 Å². The summed E-state index contributed by atoms with van der Waals surface area (Å²) in [5, 5.41) is 6.12. The third-order valence-corrected chi connectivity index (χ3v) is 5.92. The van der Waals surface area contributed by atoms with Crippen LogP contribution in [0.2, 0.25) is 0 Å². The van der Waals surface area contributed by atoms with Crippen molar-refractivity contribution in [3.05, 3.63) is 29.8 Å². The minimum atomic E-state index is -0.781. The van der Waals surface area contributed by atoms with Crippen LogP contribution in [0.15, 0.2) is 24.3 Å². The number of carbonyl (C=O) groups is 1. The Kier molecular flexibility index (Phi) is 7.05. The van der Waals surface area contributed by atoms with Gasteiger partial charge in [0, 0.05) is 46.2 Å². The Morgan fingerprint density at radius 2 is 2.13 bits per heavy atom. The van der Waals surface area contributed by atoms with E-state index in [-0.39, 0.29) is 17.3 Å². The van der Waals surface area contributed by atoms with E-state index in [9.17, 15) is 9.00 Å². The minimum absolute atomic E-state index is 0.0961. The highest BCUT2D eigenvalue weighted by Gasteiger charge is 2.26. The van der Waals surface area contributed by atoms with E-state index >= 15 is 0 Å². The average Bonchev–Trinajstić information content (AvgIpc) is 2.56. The number of carbonyl (C=O) groups excluding carboxylic acids is 1. The molecule has 1 aliphatic carbocycles. The number of benzene rings is 1. The summed E-state index contributed by atoms with van der Waals surface area (Å²) < 4.78 is 17.1. The average molecular weight is 338 g/mol. The van der Waals surface area contributed by atoms with Crippen LogP contribution in [0.1, 0.15) is 38.2 Å². The molecule has 5 nitrogen and oxygen atoms in total. The van der Waals surface area contributed by atoms with Gasteiger partial charge in [0.1, 0.15) is 0 Å². The Morgan fingerprint density at radius 1 is 1.35 bits per heavy atom. The van der Waals surface area contributed by atoms with Crippen LogP contribution in [0, 0.1) is 0 Å². The summed E-state index contributed by atoms with van der Waals surface area (Å²) in [4.78, 5) is 12.2. The lowest BCUT2D eigenvalue weighted by Gasteiger charge is -2.29. The van der Waals surface area contributed by atoms with Gasteiger partial charge in [-0.2, -0.15) is 0 Å². The van der Waals surface area contributed by atoms with E-state index in [4.69, 9.17) is 4.74 Å². The van der Waals surface area contributed by atoms with Crippen LogP contribution >= 0.6 is 0 Å². The number of anilines is 1. The molecule has 128 valence electrons. The highest BCUT2D eigenvalue weighted by Crippen LogP contribution is 2.23. The van der Waals surface area contributed by atoms with Crippen molar-refractivity contribution in [3.63, 3.8) is 0 Å². The van der Waals surface area contributed by atoms with E-state index < -0.39 is 10.8 Å². The van der Waals surface area contributed by atoms with Gasteiger partial charge in [-0.05, 0) is 25.3 Å². The fraction of sp³-hybridized carbons (Fsp3) is 0.588. The molecule has 0 aromatic heterocycles. The molecule has 0 unspecified atom stereocenters. The molecule has 23 heavy (non-hydrogen) atoms. The molecule has 0 bridgehead atoms. The van der Waals surface area contributed by atoms with E-state index in [1.54, 1.807) is 7.11 Å². The van der Waals surface area contributed by atoms with E-state index in [1.165, 1.54) is 0 Å². The number of hydrogen-bond donors (Lipinski definition) is 2. The number of para-hydroxylation sites is 1. The van der Waals surface area contributed by atoms with Gasteiger partial charge in [-0.1, -0.05) is 31.5 Å². The largest absolute Gasteiger partial charge is 0.380 e. The van der Waals surface area contributed by atoms with Gasteiger partial charge in [0.2, 0.25) is 0 Å². The van der Waals surface area contributed by atoms with Gasteiger partial charge >= 0.3 is 6.03 Å². The van der Waals surface area contributed by atoms with E-state index in [1.807, 2.05) is 31.2 Å². The number of ether oxygens (including phenoxy) is 1. The summed E-state index contributed by atoms with van der Waals surface area (Å²) in [6.45, 7) is 2.41. The first-order valence-electron chi connectivity index (χ1n) is 8.15. The van der Waals surface area contributed by atoms with E-state index in [2.05, 4.69) is 10.6 Å². The van der Waals surface area contributed by atoms with E-state index in [0.29, 0.717) is 12.4 Å². The predicted octanol–water partition coefficient (Wildman–Crippen LogP) is 3.03. The van der Waals surface area contributed by atoms with Gasteiger partial charge in [-0.25, -0.2) is 4.79 Å². The molecule has 2 amide bonds. The summed E-state index contributed by atoms with van der Waals surface area (Å²) in [6, 6.07) is 7.49. The second-order valence-corrected chi connectivity index (χ2v) is 7.85. The number of hydrogen-bond acceptors (Lipinski definition) is 3. The molecule has 1 aliphatic rings. The summed E-state index contributed by atoms with van der Waals surface area (Å²) in [7, 11) is 0.850. The number of rotatable bonds is 6. The van der Waals surface area contributed by atoms with Gasteiger partial charge in [0.05, 0.1) is 6.61 Å². The molecule has 0 heterocycles. The van der Waals surface area contributed by atoms with Crippen molar-refractivity contribution in [2.45, 2.75) is 50.5 Å². The number of nitrogens with one attached hydrogen (secondary N) is 2. The summed E-state index contributed by atoms with van der Waals surface area (Å²) in [6.07, 6.45) is 3.76. The molecule has 0 radical (unpaired) electrons. The number of urea groups is 1. The first-order chi connectivity index (χ1) is 11.1. The summed E-state index contributed by atoms with van der Waals surface area (Å²) in [5.74, 6) is 0.688. The second-order valence-electron chi connectivity index (χ2n) is 5.84. The van der Waals surface area contributed by atoms with Crippen LogP contribution in [0.5, 0.6) is 0 Å². The molecule has 2 N–H and O–H groups in total. The van der Waals surface area contributed by atoms with Crippen LogP contribution < -0.4 is 10.6 Å². The van der Waals surface area contributed by atoms with Crippen molar-refractivity contribution in [1.82, 2.24) is 5.32 Å². The monoisotopic (exact) mass is 338 g/mol. The molecule has 1 aromatic rings. The Morgan fingerprint density at radius 3 is 2.87 bits per heavy atom. The lowest BCUT2D eigenvalue weighted by atomic mass is 9.95. The molecule has 0 spiro atoms. The standard InChI is InChI=1S/C17H26N2O3S/c1-3-23(21)15-9-6-8-14(11-15)18-17(20)19-16-10-5-4-7-13(16)12-22-2/h4-5,7,10,14-15H,3,6,8-9,11-12H2,1-2H3,(H2,18,19,20)/t14-,15+,23+/m0/s1. The third-order valence-electron chi connectivity index (χ3n) is 4.18. The molecular formula is C17H26N2O3S. The lowest BCUT2D eigenvalue weighted by molar-refractivity contribution is 0.185. The minimum Gasteiger partial charge on any atom is -0.380 e. The van der Waals surface area contributed by atoms with Crippen molar-refractivity contribution < 1.29 is 13.7 Å². The van der Waals surface area contributed by atoms with Gasteiger partial charge in [-0.3, -0.25) is 4.21 Å². The van der Waals surface area contributed by atoms with Gasteiger partial charge in [-0.15, -0.1) is 0 Å². The first kappa shape index (κ1) is 17.9. The Bertz CT molecular complexity index is 550. The topological polar surface area (TPSA) is 67.4 Å². The quantitative estimate of drug-likeness (QED) is 0.838. The molecule has 1 fully saturated rings. The SMILES string of the molecule is CC[S@@](=O)[C@@H]1CCC[C@H](NC(=O)Nc2ccccc2COC)C1. The van der Waals surface area contributed by atoms with Crippen molar-refractivity contribution >= 4 is 22.5 Å². The fourth-order valence-electron chi connectivity index (χ4n) is 3.02. The van der Waals surface area contributed by atoms with Crippen molar-refractivity contribution in [3.8, 4) is 0 Å². The maximum absolute atomic E-state index is 12.2. The maximum atomic E-state index is 12.2. The van der Waals surface area contributed by atoms with Crippen LogP contribution in [-0.4, -0.2) is 34.4 Å². The molecular weight excluding hydrogens is 312 g/mol. The Balaban J connectivity index is 1.91. The van der Waals surface area contributed by atoms with Gasteiger partial charge in [0.25, 0.3) is 0 Å². The maximum Gasteiger partial charge on any atom is 0.319 e. The van der Waals surface area contributed by atoms with Crippen LogP contribution in [0.4, 0.5) is 10.5 Å². The van der Waals surface area contributed by atoms with Crippen LogP contribution in [-0.2, 0) is 22.1 Å². The highest BCUT2D eigenvalue weighted by molar-refractivity contribution is 7.85. The molecule has 1 saturated carbocycles. The second kappa shape index (κ2) is 9.03.